The fourth-order valence-corrected chi connectivity index (χ4v) is 7.32. The summed E-state index contributed by atoms with van der Waals surface area (Å²) < 4.78 is 60.6. The maximum absolute atomic E-state index is 13.8. The van der Waals surface area contributed by atoms with E-state index in [4.69, 9.17) is 27.6 Å². The first kappa shape index (κ1) is 36.1. The molecule has 1 aliphatic rings. The maximum Gasteiger partial charge on any atom is 0.379 e. The first-order valence-electron chi connectivity index (χ1n) is 14.9. The minimum absolute atomic E-state index is 0.136. The first-order valence-corrected chi connectivity index (χ1v) is 18.3. The van der Waals surface area contributed by atoms with Gasteiger partial charge in [-0.3, -0.25) is 9.59 Å². The monoisotopic (exact) mass is 630 g/mol. The number of allylic oxidation sites excluding steroid dienone is 2. The summed E-state index contributed by atoms with van der Waals surface area (Å²) in [4.78, 5) is 24.1. The number of hydrogen-bond acceptors (Lipinski definition) is 10. The second kappa shape index (κ2) is 17.9. The molecule has 0 saturated carbocycles. The van der Waals surface area contributed by atoms with Gasteiger partial charge in [0.05, 0.1) is 38.4 Å². The van der Waals surface area contributed by atoms with E-state index in [-0.39, 0.29) is 55.8 Å². The van der Waals surface area contributed by atoms with Crippen LogP contribution in [0.3, 0.4) is 0 Å². The molecule has 0 aromatic heterocycles. The number of ether oxygens (including phenoxy) is 2. The molecular weight excluding hydrogens is 582 g/mol. The quantitative estimate of drug-likeness (QED) is 0.0643. The summed E-state index contributed by atoms with van der Waals surface area (Å²) in [7, 11) is -5.02. The van der Waals surface area contributed by atoms with Gasteiger partial charge >= 0.3 is 27.1 Å². The fraction of sp³-hybridized carbons (Fsp3) is 0.667. The topological polar surface area (TPSA) is 124 Å². The SMILES string of the molecule is CCCCCc1cc(OP(=O)(CCC(=O)OCC)OC)c(C2C=C(C)CCC2)c(OP(=O)(CCC(=O)OCC)OC)c1. The van der Waals surface area contributed by atoms with Gasteiger partial charge < -0.3 is 27.6 Å². The number of esters is 2. The molecule has 0 spiro atoms. The van der Waals surface area contributed by atoms with Crippen LogP contribution in [0.2, 0.25) is 0 Å². The molecule has 3 atom stereocenters. The third-order valence-corrected chi connectivity index (χ3v) is 10.6. The molecule has 0 bridgehead atoms. The summed E-state index contributed by atoms with van der Waals surface area (Å²) in [5.74, 6) is -0.595. The number of unbranched alkanes of at least 4 members (excludes halogenated alkanes) is 2. The summed E-state index contributed by atoms with van der Waals surface area (Å²) in [5, 5.41) is 0. The van der Waals surface area contributed by atoms with E-state index in [9.17, 15) is 18.7 Å². The summed E-state index contributed by atoms with van der Waals surface area (Å²) in [6.07, 6.45) is 7.73. The van der Waals surface area contributed by atoms with Gasteiger partial charge in [0, 0.05) is 25.7 Å². The lowest BCUT2D eigenvalue weighted by atomic mass is 9.84. The van der Waals surface area contributed by atoms with Gasteiger partial charge in [-0.25, -0.2) is 9.13 Å². The van der Waals surface area contributed by atoms with E-state index in [1.165, 1.54) is 19.8 Å². The number of carbonyl (C=O) groups excluding carboxylic acids is 2. The lowest BCUT2D eigenvalue weighted by Crippen LogP contribution is -2.13. The van der Waals surface area contributed by atoms with Crippen LogP contribution >= 0.6 is 15.2 Å². The largest absolute Gasteiger partial charge is 0.466 e. The van der Waals surface area contributed by atoms with Crippen molar-refractivity contribution in [2.45, 2.75) is 91.4 Å². The average molecular weight is 631 g/mol. The van der Waals surface area contributed by atoms with Crippen molar-refractivity contribution in [1.29, 1.82) is 0 Å². The Kier molecular flexibility index (Phi) is 15.3. The van der Waals surface area contributed by atoms with Crippen molar-refractivity contribution in [2.24, 2.45) is 0 Å². The van der Waals surface area contributed by atoms with E-state index in [1.807, 2.05) is 19.1 Å². The predicted molar refractivity (Wildman–Crippen MR) is 163 cm³/mol. The number of carbonyl (C=O) groups is 2. The zero-order valence-corrected chi connectivity index (χ0v) is 27.8. The summed E-state index contributed by atoms with van der Waals surface area (Å²) in [6, 6.07) is 3.67. The van der Waals surface area contributed by atoms with Crippen molar-refractivity contribution in [3.8, 4) is 11.5 Å². The molecule has 1 aromatic carbocycles. The third kappa shape index (κ3) is 11.5. The molecule has 1 aliphatic carbocycles. The van der Waals surface area contributed by atoms with Crippen molar-refractivity contribution in [2.75, 3.05) is 39.8 Å². The van der Waals surface area contributed by atoms with Gasteiger partial charge in [-0.2, -0.15) is 0 Å². The molecule has 0 aliphatic heterocycles. The zero-order chi connectivity index (χ0) is 31.2. The molecule has 10 nitrogen and oxygen atoms in total. The Labute approximate surface area is 250 Å². The molecule has 0 amide bonds. The standard InChI is InChI=1S/C30H48O10P2/c1-7-10-11-14-24-21-26(39-41(33,35-5)18-16-28(31)37-8-2)30(25-15-12-13-23(4)20-25)27(22-24)40-42(34,36-6)19-17-29(32)38-9-3/h20-22,25H,7-19H2,1-6H3. The van der Waals surface area contributed by atoms with Crippen LogP contribution < -0.4 is 9.05 Å². The van der Waals surface area contributed by atoms with Gasteiger partial charge in [-0.15, -0.1) is 0 Å². The van der Waals surface area contributed by atoms with Crippen molar-refractivity contribution in [1.82, 2.24) is 0 Å². The number of benzene rings is 1. The minimum Gasteiger partial charge on any atom is -0.466 e. The highest BCUT2D eigenvalue weighted by Gasteiger charge is 2.34. The number of rotatable bonds is 19. The maximum atomic E-state index is 13.8. The third-order valence-electron chi connectivity index (χ3n) is 7.00. The van der Waals surface area contributed by atoms with Gasteiger partial charge in [0.1, 0.15) is 11.5 Å². The molecule has 12 heteroatoms. The molecule has 3 unspecified atom stereocenters. The van der Waals surface area contributed by atoms with Gasteiger partial charge in [0.15, 0.2) is 0 Å². The van der Waals surface area contributed by atoms with Crippen LogP contribution in [0.4, 0.5) is 0 Å². The van der Waals surface area contributed by atoms with Gasteiger partial charge in [0.2, 0.25) is 0 Å². The van der Waals surface area contributed by atoms with Crippen LogP contribution in [0.25, 0.3) is 0 Å². The minimum atomic E-state index is -3.79. The van der Waals surface area contributed by atoms with Crippen LogP contribution in [0, 0.1) is 0 Å². The second-order valence-corrected chi connectivity index (χ2v) is 14.7. The summed E-state index contributed by atoms with van der Waals surface area (Å²) in [5.41, 5.74) is 2.61. The Hall–Kier alpha value is -2.12. The first-order chi connectivity index (χ1) is 20.0. The van der Waals surface area contributed by atoms with Gasteiger partial charge in [0.25, 0.3) is 0 Å². The lowest BCUT2D eigenvalue weighted by molar-refractivity contribution is -0.143. The Balaban J connectivity index is 2.62. The lowest BCUT2D eigenvalue weighted by Gasteiger charge is -2.28. The summed E-state index contributed by atoms with van der Waals surface area (Å²) >= 11 is 0. The molecule has 238 valence electrons. The average Bonchev–Trinajstić information content (AvgIpc) is 2.95. The highest BCUT2D eigenvalue weighted by Crippen LogP contribution is 2.56. The smallest absolute Gasteiger partial charge is 0.379 e. The summed E-state index contributed by atoms with van der Waals surface area (Å²) in [6.45, 7) is 7.99. The molecule has 0 fully saturated rings. The predicted octanol–water partition coefficient (Wildman–Crippen LogP) is 7.98. The van der Waals surface area contributed by atoms with Crippen LogP contribution in [-0.4, -0.2) is 51.7 Å². The molecule has 0 N–H and O–H groups in total. The van der Waals surface area contributed by atoms with Gasteiger partial charge in [-0.05, 0) is 70.6 Å². The molecule has 0 saturated heterocycles. The Morgan fingerprint density at radius 1 is 0.857 bits per heavy atom. The van der Waals surface area contributed by atoms with Crippen LogP contribution in [-0.2, 0) is 43.7 Å². The zero-order valence-electron chi connectivity index (χ0n) is 26.0. The normalized spacial score (nSPS) is 17.9. The molecule has 2 rings (SSSR count). The molecule has 0 radical (unpaired) electrons. The van der Waals surface area contributed by atoms with Crippen molar-refractivity contribution < 1.29 is 46.3 Å². The van der Waals surface area contributed by atoms with Crippen molar-refractivity contribution in [3.63, 3.8) is 0 Å². The second-order valence-electron chi connectivity index (χ2n) is 10.3. The Morgan fingerprint density at radius 3 is 1.81 bits per heavy atom. The molecule has 42 heavy (non-hydrogen) atoms. The van der Waals surface area contributed by atoms with Gasteiger partial charge in [-0.1, -0.05) is 31.4 Å². The Bertz CT molecular complexity index is 1100. The van der Waals surface area contributed by atoms with E-state index >= 15 is 0 Å². The van der Waals surface area contributed by atoms with E-state index in [0.29, 0.717) is 12.0 Å². The van der Waals surface area contributed by atoms with E-state index in [0.717, 1.165) is 44.1 Å². The molecule has 0 heterocycles. The van der Waals surface area contributed by atoms with E-state index in [2.05, 4.69) is 13.0 Å². The van der Waals surface area contributed by atoms with E-state index in [1.54, 1.807) is 13.8 Å². The highest BCUT2D eigenvalue weighted by molar-refractivity contribution is 7.54. The van der Waals surface area contributed by atoms with Crippen LogP contribution in [0.15, 0.2) is 23.8 Å². The molecular formula is C30H48O10P2. The number of aryl methyl sites for hydroxylation is 1. The van der Waals surface area contributed by atoms with Crippen LogP contribution in [0.5, 0.6) is 11.5 Å². The highest BCUT2D eigenvalue weighted by atomic mass is 31.2. The number of hydrogen-bond donors (Lipinski definition) is 0. The van der Waals surface area contributed by atoms with Crippen molar-refractivity contribution in [3.05, 3.63) is 34.9 Å². The fourth-order valence-electron chi connectivity index (χ4n) is 4.80. The van der Waals surface area contributed by atoms with E-state index < -0.39 is 27.1 Å². The van der Waals surface area contributed by atoms with Crippen LogP contribution in [0.1, 0.15) is 96.1 Å². The Morgan fingerprint density at radius 2 is 1.38 bits per heavy atom. The van der Waals surface area contributed by atoms with Crippen molar-refractivity contribution >= 4 is 27.1 Å². The molecule has 1 aromatic rings.